The summed E-state index contributed by atoms with van der Waals surface area (Å²) in [5.74, 6) is 0.693. The van der Waals surface area contributed by atoms with E-state index in [2.05, 4.69) is 34.2 Å². The number of para-hydroxylation sites is 1. The van der Waals surface area contributed by atoms with Crippen molar-refractivity contribution in [3.63, 3.8) is 0 Å². The summed E-state index contributed by atoms with van der Waals surface area (Å²) >= 11 is 0. The normalized spacial score (nSPS) is 14.2. The zero-order chi connectivity index (χ0) is 13.9. The van der Waals surface area contributed by atoms with E-state index in [1.165, 1.54) is 5.56 Å². The summed E-state index contributed by atoms with van der Waals surface area (Å²) in [5.41, 5.74) is 9.52. The Bertz CT molecular complexity index is 672. The maximum Gasteiger partial charge on any atom is 0.157 e. The Morgan fingerprint density at radius 3 is 2.90 bits per heavy atom. The van der Waals surface area contributed by atoms with Gasteiger partial charge < -0.3 is 10.6 Å². The lowest BCUT2D eigenvalue weighted by atomic mass is 10.1. The van der Waals surface area contributed by atoms with Crippen LogP contribution in [0.1, 0.15) is 24.0 Å². The SMILES string of the molecule is N#Cc1ccnc(N2CCCCc3ccccc32)c1N. The van der Waals surface area contributed by atoms with Crippen molar-refractivity contribution in [1.29, 1.82) is 5.26 Å². The van der Waals surface area contributed by atoms with Crippen molar-refractivity contribution in [1.82, 2.24) is 4.98 Å². The summed E-state index contributed by atoms with van der Waals surface area (Å²) in [6.07, 6.45) is 4.97. The monoisotopic (exact) mass is 264 g/mol. The summed E-state index contributed by atoms with van der Waals surface area (Å²) in [6, 6.07) is 12.1. The standard InChI is InChI=1S/C16H16N4/c17-11-13-8-9-19-16(15(13)18)20-10-4-3-6-12-5-1-2-7-14(12)20/h1-2,5,7-9H,3-4,6,10,18H2. The van der Waals surface area contributed by atoms with Gasteiger partial charge >= 0.3 is 0 Å². The third-order valence-corrected chi connectivity index (χ3v) is 3.71. The Morgan fingerprint density at radius 1 is 1.20 bits per heavy atom. The second-order valence-corrected chi connectivity index (χ2v) is 4.95. The van der Waals surface area contributed by atoms with Crippen LogP contribution < -0.4 is 10.6 Å². The molecule has 0 bridgehead atoms. The number of hydrogen-bond donors (Lipinski definition) is 1. The van der Waals surface area contributed by atoms with Gasteiger partial charge in [-0.05, 0) is 37.0 Å². The molecule has 0 aliphatic carbocycles. The Labute approximate surface area is 118 Å². The van der Waals surface area contributed by atoms with Gasteiger partial charge in [-0.15, -0.1) is 0 Å². The molecule has 0 amide bonds. The minimum Gasteiger partial charge on any atom is -0.395 e. The van der Waals surface area contributed by atoms with Crippen molar-refractivity contribution in [2.75, 3.05) is 17.2 Å². The molecule has 100 valence electrons. The molecule has 1 aromatic heterocycles. The smallest absolute Gasteiger partial charge is 0.157 e. The highest BCUT2D eigenvalue weighted by Crippen LogP contribution is 2.35. The van der Waals surface area contributed by atoms with Gasteiger partial charge in [0.25, 0.3) is 0 Å². The second-order valence-electron chi connectivity index (χ2n) is 4.95. The van der Waals surface area contributed by atoms with E-state index in [-0.39, 0.29) is 0 Å². The number of benzene rings is 1. The van der Waals surface area contributed by atoms with Gasteiger partial charge in [-0.2, -0.15) is 5.26 Å². The summed E-state index contributed by atoms with van der Waals surface area (Å²) in [7, 11) is 0. The molecule has 1 aliphatic heterocycles. The minimum atomic E-state index is 0.465. The predicted molar refractivity (Wildman–Crippen MR) is 79.8 cm³/mol. The number of aromatic nitrogens is 1. The van der Waals surface area contributed by atoms with Gasteiger partial charge in [0.15, 0.2) is 5.82 Å². The first kappa shape index (κ1) is 12.5. The van der Waals surface area contributed by atoms with Crippen LogP contribution in [0.3, 0.4) is 0 Å². The van der Waals surface area contributed by atoms with Gasteiger partial charge in [0.05, 0.1) is 11.3 Å². The highest BCUT2D eigenvalue weighted by molar-refractivity contribution is 5.77. The van der Waals surface area contributed by atoms with Gasteiger partial charge in [0.2, 0.25) is 0 Å². The molecule has 0 radical (unpaired) electrons. The van der Waals surface area contributed by atoms with E-state index in [1.54, 1.807) is 12.3 Å². The molecule has 0 fully saturated rings. The van der Waals surface area contributed by atoms with E-state index < -0.39 is 0 Å². The third-order valence-electron chi connectivity index (χ3n) is 3.71. The van der Waals surface area contributed by atoms with E-state index in [0.29, 0.717) is 17.1 Å². The highest BCUT2D eigenvalue weighted by atomic mass is 15.2. The average molecular weight is 264 g/mol. The molecule has 1 aromatic carbocycles. The van der Waals surface area contributed by atoms with E-state index >= 15 is 0 Å². The topological polar surface area (TPSA) is 65.9 Å². The maximum atomic E-state index is 9.12. The lowest BCUT2D eigenvalue weighted by Crippen LogP contribution is -2.20. The number of hydrogen-bond acceptors (Lipinski definition) is 4. The molecule has 4 heteroatoms. The average Bonchev–Trinajstić information content (AvgIpc) is 2.70. The van der Waals surface area contributed by atoms with Crippen molar-refractivity contribution in [3.8, 4) is 6.07 Å². The zero-order valence-corrected chi connectivity index (χ0v) is 11.2. The molecule has 0 unspecified atom stereocenters. The third kappa shape index (κ3) is 2.08. The lowest BCUT2D eigenvalue weighted by molar-refractivity contribution is 0.758. The van der Waals surface area contributed by atoms with Crippen molar-refractivity contribution >= 4 is 17.2 Å². The second kappa shape index (κ2) is 5.22. The van der Waals surface area contributed by atoms with Crippen LogP contribution in [-0.4, -0.2) is 11.5 Å². The van der Waals surface area contributed by atoms with Gasteiger partial charge in [-0.25, -0.2) is 4.98 Å². The number of pyridine rings is 1. The van der Waals surface area contributed by atoms with Gasteiger partial charge in [0, 0.05) is 18.4 Å². The highest BCUT2D eigenvalue weighted by Gasteiger charge is 2.20. The van der Waals surface area contributed by atoms with Crippen LogP contribution in [0.15, 0.2) is 36.5 Å². The van der Waals surface area contributed by atoms with Gasteiger partial charge in [-0.1, -0.05) is 18.2 Å². The molecule has 1 aliphatic rings. The molecule has 20 heavy (non-hydrogen) atoms. The van der Waals surface area contributed by atoms with Crippen molar-refractivity contribution < 1.29 is 0 Å². The van der Waals surface area contributed by atoms with Gasteiger partial charge in [0.1, 0.15) is 6.07 Å². The summed E-state index contributed by atoms with van der Waals surface area (Å²) < 4.78 is 0. The number of nitrogens with zero attached hydrogens (tertiary/aromatic N) is 3. The largest absolute Gasteiger partial charge is 0.395 e. The van der Waals surface area contributed by atoms with Crippen LogP contribution in [0, 0.1) is 11.3 Å². The Balaban J connectivity index is 2.13. The Kier molecular flexibility index (Phi) is 3.26. The number of nitriles is 1. The number of aryl methyl sites for hydroxylation is 1. The number of nitrogen functional groups attached to an aromatic ring is 1. The molecule has 2 aromatic rings. The van der Waals surface area contributed by atoms with Crippen LogP contribution in [0.25, 0.3) is 0 Å². The molecular formula is C16H16N4. The summed E-state index contributed by atoms with van der Waals surface area (Å²) in [6.45, 7) is 0.878. The van der Waals surface area contributed by atoms with E-state index in [0.717, 1.165) is 31.5 Å². The van der Waals surface area contributed by atoms with Crippen LogP contribution in [0.5, 0.6) is 0 Å². The Morgan fingerprint density at radius 2 is 2.05 bits per heavy atom. The van der Waals surface area contributed by atoms with Crippen molar-refractivity contribution in [2.24, 2.45) is 0 Å². The van der Waals surface area contributed by atoms with Gasteiger partial charge in [-0.3, -0.25) is 0 Å². The summed E-state index contributed by atoms with van der Waals surface area (Å²) in [5, 5.41) is 9.12. The van der Waals surface area contributed by atoms with E-state index in [9.17, 15) is 0 Å². The number of anilines is 3. The van der Waals surface area contributed by atoms with Crippen molar-refractivity contribution in [2.45, 2.75) is 19.3 Å². The number of rotatable bonds is 1. The van der Waals surface area contributed by atoms with Crippen LogP contribution in [-0.2, 0) is 6.42 Å². The van der Waals surface area contributed by atoms with Crippen LogP contribution in [0.4, 0.5) is 17.2 Å². The molecule has 2 heterocycles. The van der Waals surface area contributed by atoms with E-state index in [4.69, 9.17) is 11.0 Å². The molecule has 4 nitrogen and oxygen atoms in total. The first-order chi connectivity index (χ1) is 9.81. The molecule has 3 rings (SSSR count). The zero-order valence-electron chi connectivity index (χ0n) is 11.2. The fourth-order valence-electron chi connectivity index (χ4n) is 2.69. The number of fused-ring (bicyclic) bond motifs is 1. The number of nitrogens with two attached hydrogens (primary N) is 1. The minimum absolute atomic E-state index is 0.465. The fourth-order valence-corrected chi connectivity index (χ4v) is 2.69. The van der Waals surface area contributed by atoms with Crippen LogP contribution in [0.2, 0.25) is 0 Å². The van der Waals surface area contributed by atoms with E-state index in [1.807, 2.05) is 6.07 Å². The first-order valence-corrected chi connectivity index (χ1v) is 6.81. The molecule has 2 N–H and O–H groups in total. The molecule has 0 saturated carbocycles. The summed E-state index contributed by atoms with van der Waals surface area (Å²) in [4.78, 5) is 6.54. The lowest BCUT2D eigenvalue weighted by Gasteiger charge is -2.25. The van der Waals surface area contributed by atoms with Crippen LogP contribution >= 0.6 is 0 Å². The molecule has 0 atom stereocenters. The van der Waals surface area contributed by atoms with Crippen molar-refractivity contribution in [3.05, 3.63) is 47.7 Å². The maximum absolute atomic E-state index is 9.12. The molecule has 0 spiro atoms. The molecular weight excluding hydrogens is 248 g/mol. The first-order valence-electron chi connectivity index (χ1n) is 6.81. The fraction of sp³-hybridized carbons (Fsp3) is 0.250. The Hall–Kier alpha value is -2.54. The molecule has 0 saturated heterocycles. The predicted octanol–water partition coefficient (Wildman–Crippen LogP) is 3.01. The quantitative estimate of drug-likeness (QED) is 0.859.